The Balaban J connectivity index is 1.77. The molecule has 152 valence electrons. The van der Waals surface area contributed by atoms with Gasteiger partial charge in [-0.1, -0.05) is 12.1 Å². The fourth-order valence-corrected chi connectivity index (χ4v) is 2.42. The number of aromatic nitrogens is 1. The molecule has 0 fully saturated rings. The summed E-state index contributed by atoms with van der Waals surface area (Å²) < 4.78 is 16.7. The van der Waals surface area contributed by atoms with Crippen LogP contribution in [0.25, 0.3) is 0 Å². The molecule has 0 saturated heterocycles. The maximum absolute atomic E-state index is 5.91. The van der Waals surface area contributed by atoms with E-state index in [-0.39, 0.29) is 12.2 Å². The molecule has 7 nitrogen and oxygen atoms in total. The van der Waals surface area contributed by atoms with Crippen molar-refractivity contribution in [2.75, 3.05) is 20.7 Å². The van der Waals surface area contributed by atoms with Gasteiger partial charge in [0.05, 0.1) is 19.8 Å². The first-order valence-electron chi connectivity index (χ1n) is 9.37. The summed E-state index contributed by atoms with van der Waals surface area (Å²) in [5.74, 6) is 2.87. The van der Waals surface area contributed by atoms with Gasteiger partial charge in [-0.05, 0) is 38.5 Å². The first-order chi connectivity index (χ1) is 13.5. The average molecular weight is 386 g/mol. The van der Waals surface area contributed by atoms with Crippen molar-refractivity contribution in [3.63, 3.8) is 0 Å². The molecule has 0 aliphatic heterocycles. The van der Waals surface area contributed by atoms with Gasteiger partial charge in [-0.15, -0.1) is 0 Å². The minimum atomic E-state index is -0.0419. The van der Waals surface area contributed by atoms with Gasteiger partial charge in [-0.25, -0.2) is 4.98 Å². The van der Waals surface area contributed by atoms with E-state index in [0.717, 1.165) is 17.1 Å². The summed E-state index contributed by atoms with van der Waals surface area (Å²) in [5.41, 5.74) is 1.04. The highest BCUT2D eigenvalue weighted by atomic mass is 16.5. The zero-order valence-corrected chi connectivity index (χ0v) is 17.2. The van der Waals surface area contributed by atoms with Crippen LogP contribution in [0.4, 0.5) is 0 Å². The molecule has 0 saturated carbocycles. The molecule has 0 spiro atoms. The topological polar surface area (TPSA) is 77.0 Å². The summed E-state index contributed by atoms with van der Waals surface area (Å²) in [7, 11) is 3.38. The van der Waals surface area contributed by atoms with Gasteiger partial charge < -0.3 is 24.8 Å². The molecule has 0 bridgehead atoms. The monoisotopic (exact) mass is 386 g/mol. The maximum Gasteiger partial charge on any atom is 0.213 e. The van der Waals surface area contributed by atoms with Gasteiger partial charge in [0.2, 0.25) is 5.88 Å². The molecule has 7 heteroatoms. The van der Waals surface area contributed by atoms with E-state index in [1.165, 1.54) is 0 Å². The Bertz CT molecular complexity index is 748. The summed E-state index contributed by atoms with van der Waals surface area (Å²) in [6.45, 7) is 7.17. The van der Waals surface area contributed by atoms with Crippen LogP contribution in [0.15, 0.2) is 47.6 Å². The highest BCUT2D eigenvalue weighted by Gasteiger charge is 2.07. The number of nitrogens with zero attached hydrogens (tertiary/aromatic N) is 2. The zero-order valence-electron chi connectivity index (χ0n) is 17.2. The van der Waals surface area contributed by atoms with Gasteiger partial charge in [-0.2, -0.15) is 0 Å². The second kappa shape index (κ2) is 11.0. The Hall–Kier alpha value is -2.96. The second-order valence-electron chi connectivity index (χ2n) is 6.59. The summed E-state index contributed by atoms with van der Waals surface area (Å²) in [6.07, 6.45) is 1.87. The van der Waals surface area contributed by atoms with Crippen LogP contribution in [-0.4, -0.2) is 43.9 Å². The molecule has 2 N–H and O–H groups in total. The van der Waals surface area contributed by atoms with Crippen molar-refractivity contribution in [1.29, 1.82) is 0 Å². The lowest BCUT2D eigenvalue weighted by atomic mass is 10.3. The minimum Gasteiger partial charge on any atom is -0.497 e. The lowest BCUT2D eigenvalue weighted by Crippen LogP contribution is -2.41. The number of guanidine groups is 1. The van der Waals surface area contributed by atoms with E-state index < -0.39 is 0 Å². The lowest BCUT2D eigenvalue weighted by Gasteiger charge is -2.18. The van der Waals surface area contributed by atoms with Crippen LogP contribution in [0.1, 0.15) is 26.3 Å². The fourth-order valence-electron chi connectivity index (χ4n) is 2.42. The summed E-state index contributed by atoms with van der Waals surface area (Å²) in [4.78, 5) is 8.55. The number of hydrogen-bond acceptors (Lipinski definition) is 5. The number of benzene rings is 1. The summed E-state index contributed by atoms with van der Waals surface area (Å²) in [6, 6.07) is 11.4. The van der Waals surface area contributed by atoms with Crippen molar-refractivity contribution in [2.24, 2.45) is 4.99 Å². The predicted molar refractivity (Wildman–Crippen MR) is 111 cm³/mol. The molecule has 0 amide bonds. The Morgan fingerprint density at radius 1 is 1.07 bits per heavy atom. The van der Waals surface area contributed by atoms with Crippen molar-refractivity contribution >= 4 is 5.96 Å². The first-order valence-corrected chi connectivity index (χ1v) is 9.37. The smallest absolute Gasteiger partial charge is 0.213 e. The number of methoxy groups -OCH3 is 1. The summed E-state index contributed by atoms with van der Waals surface area (Å²) in [5, 5.41) is 6.53. The molecular weight excluding hydrogens is 356 g/mol. The average Bonchev–Trinajstić information content (AvgIpc) is 2.69. The van der Waals surface area contributed by atoms with Crippen LogP contribution < -0.4 is 24.8 Å². The van der Waals surface area contributed by atoms with Crippen LogP contribution in [0.3, 0.4) is 0 Å². The van der Waals surface area contributed by atoms with Crippen LogP contribution in [0, 0.1) is 0 Å². The second-order valence-corrected chi connectivity index (χ2v) is 6.59. The zero-order chi connectivity index (χ0) is 20.4. The molecule has 0 aliphatic carbocycles. The van der Waals surface area contributed by atoms with E-state index >= 15 is 0 Å². The van der Waals surface area contributed by atoms with Crippen LogP contribution >= 0.6 is 0 Å². The molecule has 28 heavy (non-hydrogen) atoms. The van der Waals surface area contributed by atoms with E-state index in [2.05, 4.69) is 20.6 Å². The molecule has 2 rings (SSSR count). The number of ether oxygens (including phenoxy) is 3. The highest BCUT2D eigenvalue weighted by molar-refractivity contribution is 5.79. The Kier molecular flexibility index (Phi) is 8.39. The van der Waals surface area contributed by atoms with Crippen molar-refractivity contribution in [1.82, 2.24) is 15.6 Å². The third-order valence-corrected chi connectivity index (χ3v) is 3.77. The van der Waals surface area contributed by atoms with Gasteiger partial charge >= 0.3 is 0 Å². The first kappa shape index (κ1) is 21.3. The van der Waals surface area contributed by atoms with Crippen molar-refractivity contribution in [3.8, 4) is 17.4 Å². The number of nitrogens with one attached hydrogen (secondary N) is 2. The van der Waals surface area contributed by atoms with Crippen LogP contribution in [0.2, 0.25) is 0 Å². The SMILES string of the molecule is CN=C(NCc1ccc(OC(C)C)nc1)NCC(C)Oc1cccc(OC)c1. The fraction of sp³-hybridized carbons (Fsp3) is 0.429. The predicted octanol–water partition coefficient (Wildman–Crippen LogP) is 3.01. The van der Waals surface area contributed by atoms with E-state index in [1.54, 1.807) is 20.4 Å². The third kappa shape index (κ3) is 7.34. The van der Waals surface area contributed by atoms with Crippen LogP contribution in [-0.2, 0) is 6.54 Å². The largest absolute Gasteiger partial charge is 0.497 e. The molecule has 2 aromatic rings. The molecular formula is C21H30N4O3. The van der Waals surface area contributed by atoms with Crippen molar-refractivity contribution < 1.29 is 14.2 Å². The quantitative estimate of drug-likeness (QED) is 0.510. The molecule has 1 atom stereocenters. The molecule has 0 radical (unpaired) electrons. The molecule has 1 unspecified atom stereocenters. The van der Waals surface area contributed by atoms with Gasteiger partial charge in [0.25, 0.3) is 0 Å². The Morgan fingerprint density at radius 3 is 2.50 bits per heavy atom. The van der Waals surface area contributed by atoms with Gasteiger partial charge in [0, 0.05) is 31.9 Å². The molecule has 1 aromatic heterocycles. The molecule has 0 aliphatic rings. The minimum absolute atomic E-state index is 0.0419. The van der Waals surface area contributed by atoms with E-state index in [1.807, 2.05) is 57.2 Å². The molecule has 1 aromatic carbocycles. The number of hydrogen-bond donors (Lipinski definition) is 2. The number of rotatable bonds is 9. The maximum atomic E-state index is 5.91. The third-order valence-electron chi connectivity index (χ3n) is 3.77. The van der Waals surface area contributed by atoms with E-state index in [0.29, 0.717) is 24.9 Å². The Morgan fingerprint density at radius 2 is 1.86 bits per heavy atom. The number of aliphatic imine (C=N–C) groups is 1. The summed E-state index contributed by atoms with van der Waals surface area (Å²) >= 11 is 0. The lowest BCUT2D eigenvalue weighted by molar-refractivity contribution is 0.223. The van der Waals surface area contributed by atoms with E-state index in [4.69, 9.17) is 14.2 Å². The van der Waals surface area contributed by atoms with Crippen molar-refractivity contribution in [2.45, 2.75) is 39.5 Å². The standard InChI is InChI=1S/C21H30N4O3/c1-15(2)27-20-10-9-17(13-23-20)14-25-21(22-4)24-12-16(3)28-19-8-6-7-18(11-19)26-5/h6-11,13,15-16H,12,14H2,1-5H3,(H2,22,24,25). The van der Waals surface area contributed by atoms with Gasteiger partial charge in [-0.3, -0.25) is 4.99 Å². The van der Waals surface area contributed by atoms with E-state index in [9.17, 15) is 0 Å². The van der Waals surface area contributed by atoms with Gasteiger partial charge in [0.1, 0.15) is 17.6 Å². The molecule has 1 heterocycles. The van der Waals surface area contributed by atoms with Crippen molar-refractivity contribution in [3.05, 3.63) is 48.2 Å². The Labute approximate surface area is 167 Å². The normalized spacial score (nSPS) is 12.4. The number of pyridine rings is 1. The van der Waals surface area contributed by atoms with Gasteiger partial charge in [0.15, 0.2) is 5.96 Å². The highest BCUT2D eigenvalue weighted by Crippen LogP contribution is 2.19. The van der Waals surface area contributed by atoms with Crippen LogP contribution in [0.5, 0.6) is 17.4 Å².